The minimum atomic E-state index is 0.0431. The molecular formula is C18H22O2. The van der Waals surface area contributed by atoms with Gasteiger partial charge in [0, 0.05) is 11.5 Å². The van der Waals surface area contributed by atoms with Crippen molar-refractivity contribution < 1.29 is 4.42 Å². The molecule has 0 bridgehead atoms. The Hall–Kier alpha value is -1.57. The Morgan fingerprint density at radius 1 is 1.10 bits per heavy atom. The van der Waals surface area contributed by atoms with Crippen molar-refractivity contribution >= 4 is 11.0 Å². The van der Waals surface area contributed by atoms with Crippen LogP contribution in [0.15, 0.2) is 39.5 Å². The van der Waals surface area contributed by atoms with Gasteiger partial charge in [0.05, 0.1) is 5.39 Å². The molecule has 3 rings (SSSR count). The molecule has 106 valence electrons. The molecule has 0 spiro atoms. The van der Waals surface area contributed by atoms with Crippen molar-refractivity contribution in [2.45, 2.75) is 51.4 Å². The predicted molar refractivity (Wildman–Crippen MR) is 82.1 cm³/mol. The molecule has 1 aliphatic carbocycles. The van der Waals surface area contributed by atoms with Gasteiger partial charge in [-0.2, -0.15) is 0 Å². The normalized spacial score (nSPS) is 18.6. The molecule has 20 heavy (non-hydrogen) atoms. The van der Waals surface area contributed by atoms with Crippen LogP contribution in [0.25, 0.3) is 11.0 Å². The van der Waals surface area contributed by atoms with Crippen LogP contribution in [0.1, 0.15) is 51.7 Å². The standard InChI is InChI=1S/C18H22O2/c1-13(2)18(10-6-3-7-11-18)17-12-15(19)14-8-4-5-9-16(14)20-17/h4-5,8-9,12-13H,3,6-7,10-11H2,1-2H3. The van der Waals surface area contributed by atoms with Crippen LogP contribution in [0.2, 0.25) is 0 Å². The first-order valence-electron chi connectivity index (χ1n) is 7.67. The SMILES string of the molecule is CC(C)C1(c2cc(=O)c3ccccc3o2)CCCCC1. The fourth-order valence-electron chi connectivity index (χ4n) is 3.64. The minimum Gasteiger partial charge on any atom is -0.460 e. The number of benzene rings is 1. The third-order valence-electron chi connectivity index (χ3n) is 4.98. The fourth-order valence-corrected chi connectivity index (χ4v) is 3.64. The molecule has 1 heterocycles. The molecule has 1 aromatic heterocycles. The van der Waals surface area contributed by atoms with E-state index >= 15 is 0 Å². The van der Waals surface area contributed by atoms with E-state index in [1.165, 1.54) is 19.3 Å². The summed E-state index contributed by atoms with van der Waals surface area (Å²) in [6.45, 7) is 4.50. The Kier molecular flexibility index (Phi) is 3.41. The van der Waals surface area contributed by atoms with Crippen LogP contribution in [-0.2, 0) is 5.41 Å². The lowest BCUT2D eigenvalue weighted by molar-refractivity contribution is 0.180. The van der Waals surface area contributed by atoms with Crippen molar-refractivity contribution in [3.63, 3.8) is 0 Å². The Labute approximate surface area is 119 Å². The average Bonchev–Trinajstić information content (AvgIpc) is 2.48. The van der Waals surface area contributed by atoms with Gasteiger partial charge in [0.15, 0.2) is 5.43 Å². The lowest BCUT2D eigenvalue weighted by atomic mass is 9.65. The Morgan fingerprint density at radius 3 is 2.50 bits per heavy atom. The Morgan fingerprint density at radius 2 is 1.80 bits per heavy atom. The summed E-state index contributed by atoms with van der Waals surface area (Å²) in [5.74, 6) is 1.39. The summed E-state index contributed by atoms with van der Waals surface area (Å²) in [6.07, 6.45) is 6.02. The third-order valence-corrected chi connectivity index (χ3v) is 4.98. The molecule has 1 fully saturated rings. The monoisotopic (exact) mass is 270 g/mol. The largest absolute Gasteiger partial charge is 0.460 e. The smallest absolute Gasteiger partial charge is 0.192 e. The topological polar surface area (TPSA) is 30.2 Å². The summed E-state index contributed by atoms with van der Waals surface area (Å²) >= 11 is 0. The maximum absolute atomic E-state index is 12.3. The van der Waals surface area contributed by atoms with Crippen LogP contribution in [-0.4, -0.2) is 0 Å². The van der Waals surface area contributed by atoms with Gasteiger partial charge in [0.2, 0.25) is 0 Å². The maximum atomic E-state index is 12.3. The number of fused-ring (bicyclic) bond motifs is 1. The number of para-hydroxylation sites is 1. The summed E-state index contributed by atoms with van der Waals surface area (Å²) in [6, 6.07) is 9.30. The maximum Gasteiger partial charge on any atom is 0.192 e. The predicted octanol–water partition coefficient (Wildman–Crippen LogP) is 4.65. The lowest BCUT2D eigenvalue weighted by Crippen LogP contribution is -2.35. The molecule has 0 atom stereocenters. The van der Waals surface area contributed by atoms with E-state index in [4.69, 9.17) is 4.42 Å². The highest BCUT2D eigenvalue weighted by Gasteiger charge is 2.39. The van der Waals surface area contributed by atoms with Crippen LogP contribution in [0, 0.1) is 5.92 Å². The van der Waals surface area contributed by atoms with Crippen LogP contribution in [0.3, 0.4) is 0 Å². The van der Waals surface area contributed by atoms with Crippen molar-refractivity contribution in [1.82, 2.24) is 0 Å². The van der Waals surface area contributed by atoms with Gasteiger partial charge in [-0.25, -0.2) is 0 Å². The van der Waals surface area contributed by atoms with Gasteiger partial charge in [-0.15, -0.1) is 0 Å². The van der Waals surface area contributed by atoms with E-state index < -0.39 is 0 Å². The van der Waals surface area contributed by atoms with Crippen molar-refractivity contribution in [1.29, 1.82) is 0 Å². The minimum absolute atomic E-state index is 0.0431. The first-order valence-corrected chi connectivity index (χ1v) is 7.67. The fraction of sp³-hybridized carbons (Fsp3) is 0.500. The van der Waals surface area contributed by atoms with Gasteiger partial charge in [0.25, 0.3) is 0 Å². The molecular weight excluding hydrogens is 248 g/mol. The highest BCUT2D eigenvalue weighted by atomic mass is 16.3. The van der Waals surface area contributed by atoms with Gasteiger partial charge in [-0.1, -0.05) is 45.2 Å². The summed E-state index contributed by atoms with van der Waals surface area (Å²) in [7, 11) is 0. The second-order valence-electron chi connectivity index (χ2n) is 6.34. The highest BCUT2D eigenvalue weighted by molar-refractivity contribution is 5.76. The van der Waals surface area contributed by atoms with Gasteiger partial charge < -0.3 is 4.42 Å². The second kappa shape index (κ2) is 5.08. The van der Waals surface area contributed by atoms with Gasteiger partial charge in [0.1, 0.15) is 11.3 Å². The molecule has 1 aromatic carbocycles. The molecule has 1 saturated carbocycles. The zero-order valence-electron chi connectivity index (χ0n) is 12.3. The molecule has 2 aromatic rings. The van der Waals surface area contributed by atoms with Crippen LogP contribution in [0.4, 0.5) is 0 Å². The van der Waals surface area contributed by atoms with E-state index in [0.29, 0.717) is 11.3 Å². The zero-order valence-corrected chi connectivity index (χ0v) is 12.3. The third kappa shape index (κ3) is 2.07. The van der Waals surface area contributed by atoms with Crippen molar-refractivity contribution in [2.75, 3.05) is 0 Å². The number of hydrogen-bond donors (Lipinski definition) is 0. The van der Waals surface area contributed by atoms with E-state index in [-0.39, 0.29) is 10.8 Å². The Bertz CT molecular complexity index is 660. The first-order chi connectivity index (χ1) is 9.63. The quantitative estimate of drug-likeness (QED) is 0.795. The molecule has 0 unspecified atom stereocenters. The van der Waals surface area contributed by atoms with E-state index in [1.54, 1.807) is 6.07 Å². The molecule has 1 aliphatic rings. The molecule has 0 aliphatic heterocycles. The van der Waals surface area contributed by atoms with Crippen molar-refractivity contribution in [2.24, 2.45) is 5.92 Å². The number of hydrogen-bond acceptors (Lipinski definition) is 2. The molecule has 2 nitrogen and oxygen atoms in total. The average molecular weight is 270 g/mol. The van der Waals surface area contributed by atoms with E-state index in [9.17, 15) is 4.79 Å². The van der Waals surface area contributed by atoms with Crippen molar-refractivity contribution in [3.8, 4) is 0 Å². The molecule has 0 N–H and O–H groups in total. The van der Waals surface area contributed by atoms with Crippen molar-refractivity contribution in [3.05, 3.63) is 46.3 Å². The summed E-state index contributed by atoms with van der Waals surface area (Å²) < 4.78 is 6.15. The highest BCUT2D eigenvalue weighted by Crippen LogP contribution is 2.45. The van der Waals surface area contributed by atoms with E-state index in [2.05, 4.69) is 13.8 Å². The lowest BCUT2D eigenvalue weighted by Gasteiger charge is -2.39. The molecule has 2 heteroatoms. The molecule has 0 amide bonds. The van der Waals surface area contributed by atoms with Gasteiger partial charge >= 0.3 is 0 Å². The summed E-state index contributed by atoms with van der Waals surface area (Å²) in [5, 5.41) is 0.686. The van der Waals surface area contributed by atoms with Crippen LogP contribution >= 0.6 is 0 Å². The van der Waals surface area contributed by atoms with Gasteiger partial charge in [-0.3, -0.25) is 4.79 Å². The zero-order chi connectivity index (χ0) is 14.2. The second-order valence-corrected chi connectivity index (χ2v) is 6.34. The van der Waals surface area contributed by atoms with Crippen LogP contribution < -0.4 is 5.43 Å². The summed E-state index contributed by atoms with van der Waals surface area (Å²) in [4.78, 5) is 12.3. The molecule has 0 saturated heterocycles. The van der Waals surface area contributed by atoms with E-state index in [1.807, 2.05) is 24.3 Å². The molecule has 0 radical (unpaired) electrons. The van der Waals surface area contributed by atoms with E-state index in [0.717, 1.165) is 24.2 Å². The first kappa shape index (κ1) is 13.4. The Balaban J connectivity index is 2.19. The number of rotatable bonds is 2. The van der Waals surface area contributed by atoms with Crippen LogP contribution in [0.5, 0.6) is 0 Å². The van der Waals surface area contributed by atoms with Gasteiger partial charge in [-0.05, 0) is 30.9 Å². The summed E-state index contributed by atoms with van der Waals surface area (Å²) in [5.41, 5.74) is 0.856.